The summed E-state index contributed by atoms with van der Waals surface area (Å²) in [5.41, 5.74) is 10.4. The SMILES string of the molecule is CCCCCCCCS(CCCCCCCC)=C(N)C(O)(C(N)=S)C(C)O. The second-order valence-corrected chi connectivity index (χ2v) is 10.3. The van der Waals surface area contributed by atoms with Gasteiger partial charge < -0.3 is 15.9 Å². The van der Waals surface area contributed by atoms with E-state index in [2.05, 4.69) is 13.8 Å². The average Bonchev–Trinajstić information content (AvgIpc) is 2.63. The van der Waals surface area contributed by atoms with Crippen molar-refractivity contribution in [3.8, 4) is 0 Å². The Morgan fingerprint density at radius 2 is 1.22 bits per heavy atom. The summed E-state index contributed by atoms with van der Waals surface area (Å²) >= 11 is 5.04. The Hall–Kier alpha value is -0.0100. The molecular weight excluding hydrogens is 376 g/mol. The fourth-order valence-corrected chi connectivity index (χ4v) is 6.00. The molecule has 0 aromatic heterocycles. The van der Waals surface area contributed by atoms with Gasteiger partial charge in [-0.1, -0.05) is 90.3 Å². The van der Waals surface area contributed by atoms with Gasteiger partial charge >= 0.3 is 0 Å². The summed E-state index contributed by atoms with van der Waals surface area (Å²) < 4.78 is 0. The molecular formula is C21H44N2O2S2. The van der Waals surface area contributed by atoms with Crippen LogP contribution in [0.5, 0.6) is 0 Å². The molecule has 0 aromatic carbocycles. The minimum atomic E-state index is -1.76. The van der Waals surface area contributed by atoms with Gasteiger partial charge in [0.2, 0.25) is 0 Å². The molecule has 6 N–H and O–H groups in total. The first-order valence-corrected chi connectivity index (χ1v) is 12.8. The lowest BCUT2D eigenvalue weighted by molar-refractivity contribution is 0.0359. The predicted molar refractivity (Wildman–Crippen MR) is 127 cm³/mol. The summed E-state index contributed by atoms with van der Waals surface area (Å²) in [7, 11) is -0.277. The Kier molecular flexibility index (Phi) is 15.9. The third kappa shape index (κ3) is 10.4. The van der Waals surface area contributed by atoms with Gasteiger partial charge in [0.25, 0.3) is 0 Å². The second-order valence-electron chi connectivity index (χ2n) is 7.61. The standard InChI is InChI=1S/C21H44N2O2S2/c1-4-6-8-10-12-14-16-27(17-15-13-11-9-7-5-2)20(23)21(25,18(3)24)19(22)26/h18,24-25H,4-17,23H2,1-3H3,(H2,22,26). The third-order valence-corrected chi connectivity index (χ3v) is 7.96. The summed E-state index contributed by atoms with van der Waals surface area (Å²) in [5, 5.41) is 21.0. The van der Waals surface area contributed by atoms with E-state index in [1.165, 1.54) is 71.1 Å². The first kappa shape index (κ1) is 27.0. The fourth-order valence-electron chi connectivity index (χ4n) is 3.19. The molecule has 27 heavy (non-hydrogen) atoms. The summed E-state index contributed by atoms with van der Waals surface area (Å²) in [4.78, 5) is 0.255. The highest BCUT2D eigenvalue weighted by Gasteiger charge is 2.40. The summed E-state index contributed by atoms with van der Waals surface area (Å²) in [6, 6.07) is 0. The molecule has 162 valence electrons. The van der Waals surface area contributed by atoms with E-state index in [0.29, 0.717) is 4.99 Å². The molecule has 0 aliphatic heterocycles. The molecule has 0 aromatic rings. The molecule has 0 rings (SSSR count). The summed E-state index contributed by atoms with van der Waals surface area (Å²) in [5.74, 6) is 1.90. The van der Waals surface area contributed by atoms with E-state index in [4.69, 9.17) is 23.7 Å². The van der Waals surface area contributed by atoms with Gasteiger partial charge in [0, 0.05) is 0 Å². The molecule has 4 nitrogen and oxygen atoms in total. The van der Waals surface area contributed by atoms with Crippen LogP contribution in [0.4, 0.5) is 0 Å². The molecule has 0 fully saturated rings. The minimum Gasteiger partial charge on any atom is -0.390 e. The topological polar surface area (TPSA) is 92.5 Å². The number of hydrogen-bond acceptors (Lipinski definition) is 3. The number of unbranched alkanes of at least 4 members (excludes halogenated alkanes) is 10. The first-order valence-electron chi connectivity index (χ1n) is 10.8. The Labute approximate surface area is 175 Å². The van der Waals surface area contributed by atoms with E-state index in [-0.39, 0.29) is 15.5 Å². The van der Waals surface area contributed by atoms with Crippen LogP contribution < -0.4 is 11.5 Å². The van der Waals surface area contributed by atoms with E-state index in [9.17, 15) is 10.2 Å². The van der Waals surface area contributed by atoms with Gasteiger partial charge in [-0.3, -0.25) is 5.73 Å². The van der Waals surface area contributed by atoms with Crippen molar-refractivity contribution in [2.24, 2.45) is 11.5 Å². The van der Waals surface area contributed by atoms with Crippen molar-refractivity contribution in [3.05, 3.63) is 0 Å². The van der Waals surface area contributed by atoms with E-state index in [1.807, 2.05) is 0 Å². The average molecular weight is 421 g/mol. The molecule has 0 aliphatic rings. The zero-order valence-electron chi connectivity index (χ0n) is 17.8. The summed E-state index contributed by atoms with van der Waals surface area (Å²) in [6.07, 6.45) is 13.6. The van der Waals surface area contributed by atoms with Crippen molar-refractivity contribution < 1.29 is 10.2 Å². The molecule has 0 saturated carbocycles. The number of aliphatic hydroxyl groups excluding tert-OH is 1. The third-order valence-electron chi connectivity index (χ3n) is 5.16. The maximum atomic E-state index is 10.9. The van der Waals surface area contributed by atoms with Crippen LogP contribution in [0.15, 0.2) is 0 Å². The minimum absolute atomic E-state index is 0.126. The van der Waals surface area contributed by atoms with Crippen molar-refractivity contribution >= 4 is 32.7 Å². The molecule has 2 atom stereocenters. The van der Waals surface area contributed by atoms with Crippen LogP contribution in [0.3, 0.4) is 0 Å². The van der Waals surface area contributed by atoms with Gasteiger partial charge in [0.1, 0.15) is 4.99 Å². The molecule has 0 radical (unpaired) electrons. The Morgan fingerprint density at radius 1 is 0.852 bits per heavy atom. The van der Waals surface area contributed by atoms with Gasteiger partial charge in [-0.25, -0.2) is 0 Å². The van der Waals surface area contributed by atoms with E-state index < -0.39 is 11.7 Å². The highest BCUT2D eigenvalue weighted by atomic mass is 32.2. The lowest BCUT2D eigenvalue weighted by Gasteiger charge is -2.32. The van der Waals surface area contributed by atoms with Crippen molar-refractivity contribution in [1.82, 2.24) is 0 Å². The molecule has 0 aliphatic carbocycles. The van der Waals surface area contributed by atoms with Gasteiger partial charge in [0.05, 0.1) is 11.1 Å². The monoisotopic (exact) mass is 420 g/mol. The molecule has 0 bridgehead atoms. The lowest BCUT2D eigenvalue weighted by Crippen LogP contribution is -2.60. The van der Waals surface area contributed by atoms with E-state index >= 15 is 0 Å². The van der Waals surface area contributed by atoms with Crippen molar-refractivity contribution in [2.75, 3.05) is 11.5 Å². The Bertz CT molecular complexity index is 424. The van der Waals surface area contributed by atoms with Gasteiger partial charge in [-0.15, -0.1) is 0 Å². The van der Waals surface area contributed by atoms with Crippen LogP contribution in [0.2, 0.25) is 0 Å². The molecule has 0 saturated heterocycles. The van der Waals surface area contributed by atoms with Crippen molar-refractivity contribution in [2.45, 2.75) is 110 Å². The number of aliphatic hydroxyl groups is 2. The first-order chi connectivity index (χ1) is 12.8. The van der Waals surface area contributed by atoms with Crippen LogP contribution in [-0.4, -0.2) is 43.4 Å². The van der Waals surface area contributed by atoms with E-state index in [0.717, 1.165) is 24.3 Å². The zero-order valence-corrected chi connectivity index (χ0v) is 19.5. The predicted octanol–water partition coefficient (Wildman–Crippen LogP) is 4.46. The lowest BCUT2D eigenvalue weighted by atomic mass is 9.98. The van der Waals surface area contributed by atoms with Gasteiger partial charge in [-0.05, 0) is 31.3 Å². The largest absolute Gasteiger partial charge is 0.390 e. The van der Waals surface area contributed by atoms with Crippen LogP contribution in [0.25, 0.3) is 0 Å². The highest BCUT2D eigenvalue weighted by molar-refractivity contribution is 8.16. The van der Waals surface area contributed by atoms with Crippen molar-refractivity contribution in [1.29, 1.82) is 0 Å². The number of thiocarbonyl (C=S) groups is 1. The fraction of sp³-hybridized carbons (Fsp3) is 0.905. The number of nitrogens with two attached hydrogens (primary N) is 2. The maximum Gasteiger partial charge on any atom is 0.179 e. The molecule has 6 heteroatoms. The number of rotatable bonds is 17. The smallest absolute Gasteiger partial charge is 0.179 e. The molecule has 0 heterocycles. The second kappa shape index (κ2) is 15.9. The quantitative estimate of drug-likeness (QED) is 0.206. The van der Waals surface area contributed by atoms with Crippen LogP contribution in [0.1, 0.15) is 97.8 Å². The molecule has 0 spiro atoms. The van der Waals surface area contributed by atoms with Crippen LogP contribution in [0, 0.1) is 0 Å². The zero-order chi connectivity index (χ0) is 20.7. The number of hydrogen-bond donors (Lipinski definition) is 4. The summed E-state index contributed by atoms with van der Waals surface area (Å²) in [6.45, 7) is 5.95. The van der Waals surface area contributed by atoms with Gasteiger partial charge in [-0.2, -0.15) is 10.5 Å². The van der Waals surface area contributed by atoms with Gasteiger partial charge in [0.15, 0.2) is 5.60 Å². The molecule has 0 amide bonds. The normalized spacial score (nSPS) is 14.9. The Morgan fingerprint density at radius 3 is 1.56 bits per heavy atom. The van der Waals surface area contributed by atoms with E-state index in [1.54, 1.807) is 0 Å². The highest BCUT2D eigenvalue weighted by Crippen LogP contribution is 2.26. The maximum absolute atomic E-state index is 10.9. The van der Waals surface area contributed by atoms with Crippen LogP contribution >= 0.6 is 22.7 Å². The Balaban J connectivity index is 4.94. The van der Waals surface area contributed by atoms with Crippen molar-refractivity contribution in [3.63, 3.8) is 0 Å². The molecule has 2 unspecified atom stereocenters. The van der Waals surface area contributed by atoms with Crippen LogP contribution in [-0.2, 0) is 0 Å².